The Morgan fingerprint density at radius 3 is 1.25 bits per heavy atom. The van der Waals surface area contributed by atoms with Gasteiger partial charge in [0.1, 0.15) is 0 Å². The Morgan fingerprint density at radius 2 is 1.25 bits per heavy atom. The summed E-state index contributed by atoms with van der Waals surface area (Å²) in [4.78, 5) is 0. The van der Waals surface area contributed by atoms with Crippen LogP contribution in [-0.2, 0) is 0 Å². The van der Waals surface area contributed by atoms with Crippen LogP contribution in [0.3, 0.4) is 0 Å². The molecule has 0 bridgehead atoms. The molecule has 4 N–H and O–H groups in total. The van der Waals surface area contributed by atoms with Gasteiger partial charge in [-0.15, -0.1) is 0 Å². The van der Waals surface area contributed by atoms with Gasteiger partial charge in [0.2, 0.25) is 0 Å². The number of hydrogen-bond acceptors (Lipinski definition) is 2. The minimum absolute atomic E-state index is 0. The Hall–Kier alpha value is 0.463. The molecular formula is CH10GeN2. The molecule has 0 saturated carbocycles. The van der Waals surface area contributed by atoms with E-state index in [0.29, 0.717) is 0 Å². The van der Waals surface area contributed by atoms with Crippen LogP contribution in [0.15, 0.2) is 0 Å². The van der Waals surface area contributed by atoms with Crippen LogP contribution in [-0.4, -0.2) is 24.3 Å². The molecular weight excluding hydrogens is 113 g/mol. The summed E-state index contributed by atoms with van der Waals surface area (Å²) in [6, 6.07) is 0. The molecule has 3 heteroatoms. The van der Waals surface area contributed by atoms with Crippen molar-refractivity contribution in [1.29, 1.82) is 0 Å². The molecule has 4 heavy (non-hydrogen) atoms. The molecule has 0 amide bonds. The predicted octanol–water partition coefficient (Wildman–Crippen LogP) is -2.59. The van der Waals surface area contributed by atoms with Gasteiger partial charge in [0, 0.05) is 6.67 Å². The third-order valence-electron chi connectivity index (χ3n) is 0. The average Bonchev–Trinajstić information content (AvgIpc) is 0.918. The first-order valence-electron chi connectivity index (χ1n) is 0.816. The Kier molecular flexibility index (Phi) is 21.6. The van der Waals surface area contributed by atoms with Crippen molar-refractivity contribution >= 4 is 17.6 Å². The van der Waals surface area contributed by atoms with Gasteiger partial charge in [0.05, 0.1) is 0 Å². The van der Waals surface area contributed by atoms with E-state index >= 15 is 0 Å². The summed E-state index contributed by atoms with van der Waals surface area (Å²) in [5.74, 6) is 0. The third kappa shape index (κ3) is 24.6. The van der Waals surface area contributed by atoms with Crippen LogP contribution in [0.25, 0.3) is 0 Å². The first kappa shape index (κ1) is 8.82. The summed E-state index contributed by atoms with van der Waals surface area (Å²) in [6.45, 7) is 0.250. The Balaban J connectivity index is 0. The monoisotopic (exact) mass is 124 g/mol. The second kappa shape index (κ2) is 9.82. The number of nitrogens with two attached hydrogens (primary N) is 2. The molecule has 0 heterocycles. The zero-order chi connectivity index (χ0) is 2.71. The molecule has 0 radical (unpaired) electrons. The first-order chi connectivity index (χ1) is 1.41. The number of hydrogen-bond donors (Lipinski definition) is 2. The summed E-state index contributed by atoms with van der Waals surface area (Å²) in [5.41, 5.74) is 9.25. The van der Waals surface area contributed by atoms with Crippen LogP contribution in [0.1, 0.15) is 0 Å². The van der Waals surface area contributed by atoms with E-state index in [0.717, 1.165) is 0 Å². The van der Waals surface area contributed by atoms with Gasteiger partial charge in [-0.2, -0.15) is 0 Å². The van der Waals surface area contributed by atoms with E-state index in [4.69, 9.17) is 0 Å². The summed E-state index contributed by atoms with van der Waals surface area (Å²) in [5, 5.41) is 0. The maximum absolute atomic E-state index is 4.62. The van der Waals surface area contributed by atoms with E-state index in [1.54, 1.807) is 0 Å². The van der Waals surface area contributed by atoms with E-state index in [1.807, 2.05) is 0 Å². The molecule has 0 unspecified atom stereocenters. The molecule has 0 rings (SSSR count). The molecule has 0 aliphatic heterocycles. The SMILES string of the molecule is NCN.[GeH4]. The van der Waals surface area contributed by atoms with Crippen molar-refractivity contribution in [1.82, 2.24) is 0 Å². The summed E-state index contributed by atoms with van der Waals surface area (Å²) in [7, 11) is 0. The second-order valence-electron chi connectivity index (χ2n) is 0.236. The van der Waals surface area contributed by atoms with Crippen LogP contribution in [0.5, 0.6) is 0 Å². The Bertz CT molecular complexity index is 6.00. The molecule has 0 aromatic carbocycles. The topological polar surface area (TPSA) is 52.0 Å². The van der Waals surface area contributed by atoms with Gasteiger partial charge in [-0.05, 0) is 0 Å². The van der Waals surface area contributed by atoms with Crippen molar-refractivity contribution in [2.45, 2.75) is 0 Å². The fraction of sp³-hybridized carbons (Fsp3) is 1.00. The quantitative estimate of drug-likeness (QED) is 0.274. The molecule has 0 aromatic rings. The first-order valence-corrected chi connectivity index (χ1v) is 0.816. The van der Waals surface area contributed by atoms with Crippen molar-refractivity contribution < 1.29 is 0 Å². The molecule has 0 aromatic heterocycles. The van der Waals surface area contributed by atoms with Crippen LogP contribution in [0.2, 0.25) is 0 Å². The zero-order valence-corrected chi connectivity index (χ0v) is 1.86. The summed E-state index contributed by atoms with van der Waals surface area (Å²) >= 11 is 0. The second-order valence-corrected chi connectivity index (χ2v) is 0.236. The zero-order valence-electron chi connectivity index (χ0n) is 1.86. The van der Waals surface area contributed by atoms with Crippen molar-refractivity contribution in [3.8, 4) is 0 Å². The molecule has 28 valence electrons. The van der Waals surface area contributed by atoms with Crippen LogP contribution in [0.4, 0.5) is 0 Å². The van der Waals surface area contributed by atoms with Crippen molar-refractivity contribution in [3.05, 3.63) is 0 Å². The van der Waals surface area contributed by atoms with Crippen molar-refractivity contribution in [3.63, 3.8) is 0 Å². The van der Waals surface area contributed by atoms with Gasteiger partial charge in [-0.1, -0.05) is 0 Å². The Morgan fingerprint density at radius 1 is 1.25 bits per heavy atom. The molecule has 0 atom stereocenters. The van der Waals surface area contributed by atoms with Crippen LogP contribution in [0, 0.1) is 0 Å². The van der Waals surface area contributed by atoms with Crippen molar-refractivity contribution in [2.75, 3.05) is 6.67 Å². The fourth-order valence-electron chi connectivity index (χ4n) is 0. The normalized spacial score (nSPS) is 4.50. The summed E-state index contributed by atoms with van der Waals surface area (Å²) < 4.78 is 0. The van der Waals surface area contributed by atoms with Gasteiger partial charge in [0.25, 0.3) is 0 Å². The molecule has 0 aliphatic carbocycles. The predicted molar refractivity (Wildman–Crippen MR) is 24.6 cm³/mol. The van der Waals surface area contributed by atoms with Crippen LogP contribution < -0.4 is 11.5 Å². The standard InChI is InChI=1S/CH6N2.GeH4/c2-1-3;/h1-3H2;1H4. The van der Waals surface area contributed by atoms with E-state index < -0.39 is 0 Å². The number of rotatable bonds is 0. The molecule has 2 nitrogen and oxygen atoms in total. The minimum atomic E-state index is 0. The summed E-state index contributed by atoms with van der Waals surface area (Å²) in [6.07, 6.45) is 0. The van der Waals surface area contributed by atoms with E-state index in [-0.39, 0.29) is 24.3 Å². The van der Waals surface area contributed by atoms with E-state index in [2.05, 4.69) is 11.5 Å². The fourth-order valence-corrected chi connectivity index (χ4v) is 0. The van der Waals surface area contributed by atoms with Gasteiger partial charge in [-0.3, -0.25) is 0 Å². The maximum atomic E-state index is 4.62. The van der Waals surface area contributed by atoms with Gasteiger partial charge < -0.3 is 11.5 Å². The van der Waals surface area contributed by atoms with Gasteiger partial charge >= 0.3 is 17.6 Å². The van der Waals surface area contributed by atoms with Gasteiger partial charge in [-0.25, -0.2) is 0 Å². The molecule has 0 spiro atoms. The average molecular weight is 123 g/mol. The third-order valence-corrected chi connectivity index (χ3v) is 0. The van der Waals surface area contributed by atoms with Gasteiger partial charge in [0.15, 0.2) is 0 Å². The molecule has 0 aliphatic rings. The van der Waals surface area contributed by atoms with E-state index in [1.165, 1.54) is 0 Å². The molecule has 0 saturated heterocycles. The van der Waals surface area contributed by atoms with Crippen LogP contribution >= 0.6 is 0 Å². The van der Waals surface area contributed by atoms with Crippen molar-refractivity contribution in [2.24, 2.45) is 11.5 Å². The van der Waals surface area contributed by atoms with E-state index in [9.17, 15) is 0 Å². The Labute approximate surface area is 36.5 Å². The molecule has 0 fully saturated rings.